The van der Waals surface area contributed by atoms with E-state index >= 15 is 0 Å². The lowest BCUT2D eigenvalue weighted by atomic mass is 10.5. The van der Waals surface area contributed by atoms with Crippen LogP contribution in [-0.2, 0) is 6.54 Å². The third kappa shape index (κ3) is 2.90. The molecule has 0 saturated heterocycles. The number of nitrogens with two attached hydrogens (primary N) is 1. The van der Waals surface area contributed by atoms with Crippen LogP contribution in [0, 0.1) is 0 Å². The summed E-state index contributed by atoms with van der Waals surface area (Å²) in [5, 5.41) is 3.01. The van der Waals surface area contributed by atoms with Crippen LogP contribution in [0.4, 0.5) is 0 Å². The average Bonchev–Trinajstić information content (AvgIpc) is 2.03. The van der Waals surface area contributed by atoms with Gasteiger partial charge in [0.1, 0.15) is 5.82 Å². The molecule has 1 heterocycles. The monoisotopic (exact) mass is 168 g/mol. The molecule has 0 saturated carbocycles. The normalized spacial score (nSPS) is 9.09. The Kier molecular flexibility index (Phi) is 2.74. The minimum atomic E-state index is 0.262. The number of thiocarbonyl (C=S) groups is 1. The highest BCUT2D eigenvalue weighted by atomic mass is 32.1. The number of nitrogens with one attached hydrogen (secondary N) is 1. The fraction of sp³-hybridized carbons (Fsp3) is 0.167. The molecule has 0 atom stereocenters. The van der Waals surface area contributed by atoms with Gasteiger partial charge in [-0.1, -0.05) is 0 Å². The number of hydrogen-bond donors (Lipinski definition) is 2. The van der Waals surface area contributed by atoms with Crippen molar-refractivity contribution in [2.75, 3.05) is 0 Å². The summed E-state index contributed by atoms with van der Waals surface area (Å²) in [4.78, 5) is 7.92. The molecule has 0 aromatic carbocycles. The maximum absolute atomic E-state index is 5.21. The van der Waals surface area contributed by atoms with Crippen LogP contribution in [0.3, 0.4) is 0 Å². The molecule has 1 rings (SSSR count). The summed E-state index contributed by atoms with van der Waals surface area (Å²) in [6.07, 6.45) is 3.34. The van der Waals surface area contributed by atoms with Crippen LogP contribution >= 0.6 is 12.2 Å². The van der Waals surface area contributed by atoms with Crippen molar-refractivity contribution in [3.8, 4) is 0 Å². The molecule has 0 aliphatic rings. The summed E-state index contributed by atoms with van der Waals surface area (Å²) in [6.45, 7) is 0.482. The predicted molar refractivity (Wildman–Crippen MR) is 45.7 cm³/mol. The summed E-state index contributed by atoms with van der Waals surface area (Å²) >= 11 is 4.61. The van der Waals surface area contributed by atoms with Crippen LogP contribution in [0.25, 0.3) is 0 Å². The highest BCUT2D eigenvalue weighted by molar-refractivity contribution is 7.80. The molecule has 1 aromatic rings. The van der Waals surface area contributed by atoms with E-state index in [4.69, 9.17) is 5.73 Å². The summed E-state index contributed by atoms with van der Waals surface area (Å²) in [6, 6.07) is 1.75. The highest BCUT2D eigenvalue weighted by Crippen LogP contribution is 1.84. The Morgan fingerprint density at radius 1 is 1.55 bits per heavy atom. The summed E-state index contributed by atoms with van der Waals surface area (Å²) in [5.74, 6) is 0.681. The Labute approximate surface area is 69.8 Å². The smallest absolute Gasteiger partial charge is 0.164 e. The largest absolute Gasteiger partial charge is 0.376 e. The molecule has 0 amide bonds. The van der Waals surface area contributed by atoms with E-state index < -0.39 is 0 Å². The lowest BCUT2D eigenvalue weighted by Crippen LogP contribution is -2.29. The minimum Gasteiger partial charge on any atom is -0.376 e. The lowest BCUT2D eigenvalue weighted by molar-refractivity contribution is 0.827. The van der Waals surface area contributed by atoms with Gasteiger partial charge in [0, 0.05) is 12.4 Å². The van der Waals surface area contributed by atoms with E-state index in [9.17, 15) is 0 Å². The van der Waals surface area contributed by atoms with Gasteiger partial charge in [-0.25, -0.2) is 9.97 Å². The molecule has 0 bridgehead atoms. The van der Waals surface area contributed by atoms with Crippen molar-refractivity contribution in [3.63, 3.8) is 0 Å². The van der Waals surface area contributed by atoms with Crippen molar-refractivity contribution in [1.29, 1.82) is 0 Å². The zero-order valence-corrected chi connectivity index (χ0v) is 6.64. The van der Waals surface area contributed by atoms with Crippen LogP contribution in [0.5, 0.6) is 0 Å². The van der Waals surface area contributed by atoms with Crippen molar-refractivity contribution >= 4 is 17.3 Å². The van der Waals surface area contributed by atoms with Crippen LogP contribution in [0.1, 0.15) is 5.82 Å². The number of nitrogens with zero attached hydrogens (tertiary/aromatic N) is 2. The molecule has 3 N–H and O–H groups in total. The predicted octanol–water partition coefficient (Wildman–Crippen LogP) is -0.190. The van der Waals surface area contributed by atoms with Gasteiger partial charge in [-0.15, -0.1) is 0 Å². The molecular weight excluding hydrogens is 160 g/mol. The van der Waals surface area contributed by atoms with Crippen molar-refractivity contribution in [2.45, 2.75) is 6.54 Å². The second-order valence-electron chi connectivity index (χ2n) is 1.88. The van der Waals surface area contributed by atoms with Crippen molar-refractivity contribution in [1.82, 2.24) is 15.3 Å². The van der Waals surface area contributed by atoms with Crippen molar-refractivity contribution < 1.29 is 0 Å². The van der Waals surface area contributed by atoms with E-state index in [1.165, 1.54) is 0 Å². The first-order chi connectivity index (χ1) is 5.29. The first-order valence-corrected chi connectivity index (χ1v) is 3.49. The van der Waals surface area contributed by atoms with Gasteiger partial charge in [0.25, 0.3) is 0 Å². The maximum Gasteiger partial charge on any atom is 0.164 e. The molecule has 0 unspecified atom stereocenters. The second-order valence-corrected chi connectivity index (χ2v) is 2.32. The van der Waals surface area contributed by atoms with Gasteiger partial charge in [-0.05, 0) is 18.3 Å². The molecule has 5 heteroatoms. The van der Waals surface area contributed by atoms with E-state index in [-0.39, 0.29) is 5.11 Å². The van der Waals surface area contributed by atoms with E-state index in [1.54, 1.807) is 18.5 Å². The first-order valence-electron chi connectivity index (χ1n) is 3.08. The molecule has 11 heavy (non-hydrogen) atoms. The first kappa shape index (κ1) is 7.87. The van der Waals surface area contributed by atoms with Crippen LogP contribution in [-0.4, -0.2) is 15.1 Å². The van der Waals surface area contributed by atoms with E-state index in [0.717, 1.165) is 0 Å². The molecule has 58 valence electrons. The van der Waals surface area contributed by atoms with Crippen LogP contribution in [0.2, 0.25) is 0 Å². The SMILES string of the molecule is NC(=S)NCc1ncccn1. The Balaban J connectivity index is 2.45. The van der Waals surface area contributed by atoms with Gasteiger partial charge in [-0.3, -0.25) is 0 Å². The van der Waals surface area contributed by atoms with Gasteiger partial charge in [0.15, 0.2) is 5.11 Å². The molecule has 0 aliphatic carbocycles. The van der Waals surface area contributed by atoms with Gasteiger partial charge in [0.2, 0.25) is 0 Å². The van der Waals surface area contributed by atoms with Gasteiger partial charge in [-0.2, -0.15) is 0 Å². The Morgan fingerprint density at radius 2 is 2.18 bits per heavy atom. The highest BCUT2D eigenvalue weighted by Gasteiger charge is 1.92. The van der Waals surface area contributed by atoms with Crippen LogP contribution < -0.4 is 11.1 Å². The lowest BCUT2D eigenvalue weighted by Gasteiger charge is -2.00. The second kappa shape index (κ2) is 3.82. The third-order valence-electron chi connectivity index (χ3n) is 1.04. The Bertz CT molecular complexity index is 236. The zero-order valence-electron chi connectivity index (χ0n) is 5.82. The summed E-state index contributed by atoms with van der Waals surface area (Å²) in [5.41, 5.74) is 5.21. The molecule has 0 fully saturated rings. The Morgan fingerprint density at radius 3 is 2.73 bits per heavy atom. The minimum absolute atomic E-state index is 0.262. The summed E-state index contributed by atoms with van der Waals surface area (Å²) in [7, 11) is 0. The van der Waals surface area contributed by atoms with E-state index in [1.807, 2.05) is 0 Å². The van der Waals surface area contributed by atoms with Gasteiger partial charge in [0.05, 0.1) is 6.54 Å². The molecule has 0 radical (unpaired) electrons. The average molecular weight is 168 g/mol. The standard InChI is InChI=1S/C6H8N4S/c7-6(11)10-4-5-8-2-1-3-9-5/h1-3H,4H2,(H3,7,10,11). The van der Waals surface area contributed by atoms with Crippen molar-refractivity contribution in [3.05, 3.63) is 24.3 Å². The molecular formula is C6H8N4S. The van der Waals surface area contributed by atoms with Gasteiger partial charge < -0.3 is 11.1 Å². The van der Waals surface area contributed by atoms with Crippen LogP contribution in [0.15, 0.2) is 18.5 Å². The summed E-state index contributed by atoms with van der Waals surface area (Å²) < 4.78 is 0. The fourth-order valence-electron chi connectivity index (χ4n) is 0.587. The number of rotatable bonds is 2. The number of aromatic nitrogens is 2. The topological polar surface area (TPSA) is 63.8 Å². The quantitative estimate of drug-likeness (QED) is 0.599. The zero-order chi connectivity index (χ0) is 8.10. The fourth-order valence-corrected chi connectivity index (χ4v) is 0.660. The van der Waals surface area contributed by atoms with E-state index in [0.29, 0.717) is 12.4 Å². The maximum atomic E-state index is 5.21. The molecule has 0 spiro atoms. The number of hydrogen-bond acceptors (Lipinski definition) is 3. The van der Waals surface area contributed by atoms with Gasteiger partial charge >= 0.3 is 0 Å². The van der Waals surface area contributed by atoms with Crippen molar-refractivity contribution in [2.24, 2.45) is 5.73 Å². The third-order valence-corrected chi connectivity index (χ3v) is 1.18. The molecule has 4 nitrogen and oxygen atoms in total. The molecule has 0 aliphatic heterocycles. The van der Waals surface area contributed by atoms with E-state index in [2.05, 4.69) is 27.5 Å². The Hall–Kier alpha value is -1.23. The molecule has 1 aromatic heterocycles.